The third kappa shape index (κ3) is 3.59. The minimum absolute atomic E-state index is 0.0237. The van der Waals surface area contributed by atoms with Crippen LogP contribution in [-0.2, 0) is 4.79 Å². The predicted molar refractivity (Wildman–Crippen MR) is 75.1 cm³/mol. The fourth-order valence-corrected chi connectivity index (χ4v) is 2.65. The molecule has 1 rings (SSSR count). The highest BCUT2D eigenvalue weighted by Crippen LogP contribution is 2.38. The summed E-state index contributed by atoms with van der Waals surface area (Å²) >= 11 is 0. The third-order valence-electron chi connectivity index (χ3n) is 3.94. The van der Waals surface area contributed by atoms with Crippen LogP contribution in [-0.4, -0.2) is 61.0 Å². The summed E-state index contributed by atoms with van der Waals surface area (Å²) in [7, 11) is 5.73. The summed E-state index contributed by atoms with van der Waals surface area (Å²) in [5, 5.41) is 12.1. The topological polar surface area (TPSA) is 82.2 Å². The van der Waals surface area contributed by atoms with Gasteiger partial charge in [0.15, 0.2) is 5.84 Å². The molecule has 1 amide bonds. The first-order valence-corrected chi connectivity index (χ1v) is 6.82. The van der Waals surface area contributed by atoms with Crippen molar-refractivity contribution >= 4 is 11.7 Å². The first kappa shape index (κ1) is 15.8. The van der Waals surface area contributed by atoms with Gasteiger partial charge in [-0.05, 0) is 26.9 Å². The molecule has 1 aliphatic rings. The second-order valence-corrected chi connectivity index (χ2v) is 5.66. The van der Waals surface area contributed by atoms with E-state index in [2.05, 4.69) is 5.16 Å². The number of oxime groups is 1. The lowest BCUT2D eigenvalue weighted by Crippen LogP contribution is -2.52. The SMILES string of the molecule is CN(C)CCN(C)C(=O)C1(C(N)=NO)CCCCC1. The van der Waals surface area contributed by atoms with Gasteiger partial charge in [-0.3, -0.25) is 4.79 Å². The van der Waals surface area contributed by atoms with Crippen molar-refractivity contribution < 1.29 is 10.0 Å². The summed E-state index contributed by atoms with van der Waals surface area (Å²) in [6.07, 6.45) is 4.35. The third-order valence-corrected chi connectivity index (χ3v) is 3.94. The molecule has 6 nitrogen and oxygen atoms in total. The standard InChI is InChI=1S/C13H26N4O2/c1-16(2)9-10-17(3)12(18)13(11(14)15-19)7-5-4-6-8-13/h19H,4-10H2,1-3H3,(H2,14,15). The molecular formula is C13H26N4O2. The molecule has 0 aliphatic heterocycles. The van der Waals surface area contributed by atoms with Crippen molar-refractivity contribution in [1.29, 1.82) is 0 Å². The van der Waals surface area contributed by atoms with Gasteiger partial charge in [0.1, 0.15) is 5.41 Å². The van der Waals surface area contributed by atoms with Crippen LogP contribution in [0.4, 0.5) is 0 Å². The van der Waals surface area contributed by atoms with E-state index >= 15 is 0 Å². The van der Waals surface area contributed by atoms with Crippen molar-refractivity contribution in [1.82, 2.24) is 9.80 Å². The predicted octanol–water partition coefficient (Wildman–Crippen LogP) is 0.703. The fraction of sp³-hybridized carbons (Fsp3) is 0.846. The molecule has 0 aromatic carbocycles. The molecule has 1 saturated carbocycles. The highest BCUT2D eigenvalue weighted by molar-refractivity contribution is 6.06. The number of amides is 1. The van der Waals surface area contributed by atoms with Crippen LogP contribution < -0.4 is 5.73 Å². The van der Waals surface area contributed by atoms with Gasteiger partial charge in [0.2, 0.25) is 5.91 Å². The molecule has 0 unspecified atom stereocenters. The molecular weight excluding hydrogens is 244 g/mol. The maximum absolute atomic E-state index is 12.7. The first-order chi connectivity index (χ1) is 8.94. The molecule has 0 spiro atoms. The zero-order valence-electron chi connectivity index (χ0n) is 12.2. The van der Waals surface area contributed by atoms with E-state index in [4.69, 9.17) is 10.9 Å². The molecule has 110 valence electrons. The number of rotatable bonds is 5. The Morgan fingerprint density at radius 1 is 1.21 bits per heavy atom. The summed E-state index contributed by atoms with van der Waals surface area (Å²) in [6.45, 7) is 1.45. The average molecular weight is 270 g/mol. The Hall–Kier alpha value is -1.30. The van der Waals surface area contributed by atoms with Crippen molar-refractivity contribution in [3.8, 4) is 0 Å². The van der Waals surface area contributed by atoms with Crippen molar-refractivity contribution in [2.24, 2.45) is 16.3 Å². The molecule has 0 heterocycles. The van der Waals surface area contributed by atoms with Gasteiger partial charge in [-0.1, -0.05) is 24.4 Å². The summed E-state index contributed by atoms with van der Waals surface area (Å²) in [4.78, 5) is 16.4. The zero-order valence-corrected chi connectivity index (χ0v) is 12.2. The molecule has 0 bridgehead atoms. The minimum atomic E-state index is -0.798. The van der Waals surface area contributed by atoms with Gasteiger partial charge in [0, 0.05) is 20.1 Å². The Labute approximate surface area is 115 Å². The van der Waals surface area contributed by atoms with E-state index in [0.717, 1.165) is 25.8 Å². The Morgan fingerprint density at radius 3 is 2.26 bits per heavy atom. The molecule has 0 radical (unpaired) electrons. The van der Waals surface area contributed by atoms with Crippen LogP contribution in [0.2, 0.25) is 0 Å². The molecule has 6 heteroatoms. The van der Waals surface area contributed by atoms with E-state index in [1.807, 2.05) is 19.0 Å². The largest absolute Gasteiger partial charge is 0.409 e. The maximum atomic E-state index is 12.7. The van der Waals surface area contributed by atoms with Crippen LogP contribution in [0, 0.1) is 5.41 Å². The molecule has 0 saturated heterocycles. The maximum Gasteiger partial charge on any atom is 0.236 e. The number of carbonyl (C=O) groups excluding carboxylic acids is 1. The van der Waals surface area contributed by atoms with E-state index in [-0.39, 0.29) is 11.7 Å². The number of amidine groups is 1. The summed E-state index contributed by atoms with van der Waals surface area (Å²) in [5.74, 6) is 0.0400. The van der Waals surface area contributed by atoms with Gasteiger partial charge in [-0.2, -0.15) is 0 Å². The molecule has 0 aromatic rings. The molecule has 19 heavy (non-hydrogen) atoms. The molecule has 0 aromatic heterocycles. The molecule has 1 aliphatic carbocycles. The van der Waals surface area contributed by atoms with Gasteiger partial charge in [0.05, 0.1) is 0 Å². The minimum Gasteiger partial charge on any atom is -0.409 e. The summed E-state index contributed by atoms with van der Waals surface area (Å²) in [5.41, 5.74) is 5.02. The number of hydrogen-bond donors (Lipinski definition) is 2. The zero-order chi connectivity index (χ0) is 14.5. The molecule has 0 atom stereocenters. The lowest BCUT2D eigenvalue weighted by atomic mass is 9.72. The summed E-state index contributed by atoms with van der Waals surface area (Å²) in [6, 6.07) is 0. The number of hydrogen-bond acceptors (Lipinski definition) is 4. The van der Waals surface area contributed by atoms with Crippen LogP contribution in [0.1, 0.15) is 32.1 Å². The highest BCUT2D eigenvalue weighted by atomic mass is 16.4. The van der Waals surface area contributed by atoms with E-state index < -0.39 is 5.41 Å². The number of nitrogens with zero attached hydrogens (tertiary/aromatic N) is 3. The normalized spacial score (nSPS) is 19.5. The van der Waals surface area contributed by atoms with Crippen LogP contribution in [0.5, 0.6) is 0 Å². The van der Waals surface area contributed by atoms with Gasteiger partial charge in [0.25, 0.3) is 0 Å². The van der Waals surface area contributed by atoms with Crippen LogP contribution in [0.15, 0.2) is 5.16 Å². The quantitative estimate of drug-likeness (QED) is 0.333. The Kier molecular flexibility index (Phi) is 5.60. The summed E-state index contributed by atoms with van der Waals surface area (Å²) < 4.78 is 0. The monoisotopic (exact) mass is 270 g/mol. The smallest absolute Gasteiger partial charge is 0.236 e. The van der Waals surface area contributed by atoms with Crippen LogP contribution >= 0.6 is 0 Å². The van der Waals surface area contributed by atoms with E-state index in [1.165, 1.54) is 0 Å². The average Bonchev–Trinajstić information content (AvgIpc) is 2.43. The number of nitrogens with two attached hydrogens (primary N) is 1. The van der Waals surface area contributed by atoms with E-state index in [0.29, 0.717) is 19.4 Å². The highest BCUT2D eigenvalue weighted by Gasteiger charge is 2.45. The lowest BCUT2D eigenvalue weighted by Gasteiger charge is -2.37. The van der Waals surface area contributed by atoms with E-state index in [9.17, 15) is 4.79 Å². The number of likely N-dealkylation sites (N-methyl/N-ethyl adjacent to an activating group) is 2. The Morgan fingerprint density at radius 2 is 1.79 bits per heavy atom. The fourth-order valence-electron chi connectivity index (χ4n) is 2.65. The second-order valence-electron chi connectivity index (χ2n) is 5.66. The molecule has 1 fully saturated rings. The number of carbonyl (C=O) groups is 1. The Balaban J connectivity index is 2.83. The van der Waals surface area contributed by atoms with Crippen LogP contribution in [0.3, 0.4) is 0 Å². The van der Waals surface area contributed by atoms with Crippen molar-refractivity contribution in [2.45, 2.75) is 32.1 Å². The van der Waals surface area contributed by atoms with Gasteiger partial charge in [-0.15, -0.1) is 0 Å². The van der Waals surface area contributed by atoms with Gasteiger partial charge >= 0.3 is 0 Å². The van der Waals surface area contributed by atoms with Crippen molar-refractivity contribution in [3.63, 3.8) is 0 Å². The van der Waals surface area contributed by atoms with Crippen LogP contribution in [0.25, 0.3) is 0 Å². The molecule has 3 N–H and O–H groups in total. The van der Waals surface area contributed by atoms with Crippen molar-refractivity contribution in [2.75, 3.05) is 34.2 Å². The lowest BCUT2D eigenvalue weighted by molar-refractivity contribution is -0.138. The van der Waals surface area contributed by atoms with Gasteiger partial charge < -0.3 is 20.7 Å². The second kappa shape index (κ2) is 6.75. The first-order valence-electron chi connectivity index (χ1n) is 6.82. The van der Waals surface area contributed by atoms with E-state index in [1.54, 1.807) is 11.9 Å². The Bertz CT molecular complexity index is 336. The van der Waals surface area contributed by atoms with Crippen molar-refractivity contribution in [3.05, 3.63) is 0 Å². The van der Waals surface area contributed by atoms with Gasteiger partial charge in [-0.25, -0.2) is 0 Å².